The molecule has 1 aromatic carbocycles. The largest absolute Gasteiger partial charge is 0.454 e. The summed E-state index contributed by atoms with van der Waals surface area (Å²) in [5.41, 5.74) is 2.95. The first-order chi connectivity index (χ1) is 11.9. The molecule has 6 heteroatoms. The maximum atomic E-state index is 12.6. The number of esters is 1. The molecule has 0 unspecified atom stereocenters. The number of para-hydroxylation sites is 1. The first kappa shape index (κ1) is 17.0. The summed E-state index contributed by atoms with van der Waals surface area (Å²) in [5, 5.41) is 4.65. The number of ether oxygens (including phenoxy) is 1. The number of rotatable bonds is 5. The van der Waals surface area contributed by atoms with Crippen molar-refractivity contribution < 1.29 is 18.8 Å². The van der Waals surface area contributed by atoms with Crippen LogP contribution < -0.4 is 0 Å². The van der Waals surface area contributed by atoms with E-state index in [-0.39, 0.29) is 18.3 Å². The minimum Gasteiger partial charge on any atom is -0.454 e. The van der Waals surface area contributed by atoms with Crippen LogP contribution in [0.5, 0.6) is 0 Å². The van der Waals surface area contributed by atoms with Gasteiger partial charge in [-0.2, -0.15) is 0 Å². The van der Waals surface area contributed by atoms with E-state index in [0.29, 0.717) is 22.6 Å². The van der Waals surface area contributed by atoms with Crippen molar-refractivity contribution in [1.29, 1.82) is 0 Å². The molecule has 0 saturated carbocycles. The number of ketones is 1. The van der Waals surface area contributed by atoms with Crippen LogP contribution in [0.25, 0.3) is 10.9 Å². The number of fused-ring (bicyclic) bond motifs is 1. The van der Waals surface area contributed by atoms with E-state index in [2.05, 4.69) is 10.1 Å². The van der Waals surface area contributed by atoms with E-state index in [1.54, 1.807) is 6.92 Å². The van der Waals surface area contributed by atoms with Crippen LogP contribution in [-0.4, -0.2) is 28.5 Å². The van der Waals surface area contributed by atoms with Gasteiger partial charge in [0.2, 0.25) is 5.78 Å². The number of aryl methyl sites for hydroxylation is 2. The highest BCUT2D eigenvalue weighted by Crippen LogP contribution is 2.24. The number of aromatic amines is 1. The number of aromatic nitrogens is 2. The molecule has 0 aliphatic heterocycles. The zero-order valence-electron chi connectivity index (χ0n) is 14.7. The summed E-state index contributed by atoms with van der Waals surface area (Å²) in [7, 11) is 0. The summed E-state index contributed by atoms with van der Waals surface area (Å²) in [6.07, 6.45) is 0. The Kier molecular flexibility index (Phi) is 4.44. The zero-order chi connectivity index (χ0) is 18.1. The van der Waals surface area contributed by atoms with Crippen molar-refractivity contribution in [3.05, 3.63) is 52.5 Å². The standard InChI is InChI=1S/C19H20N2O4/c1-10(2)18-17(12(4)21-25-18)19(23)24-9-15(22)16-11(3)20-14-8-6-5-7-13(14)16/h5-8,10,20H,9H2,1-4H3. The molecule has 0 bridgehead atoms. The van der Waals surface area contributed by atoms with Crippen LogP contribution in [0.2, 0.25) is 0 Å². The maximum absolute atomic E-state index is 12.6. The van der Waals surface area contributed by atoms with Gasteiger partial charge in [-0.05, 0) is 19.9 Å². The lowest BCUT2D eigenvalue weighted by Crippen LogP contribution is -2.16. The predicted molar refractivity (Wildman–Crippen MR) is 93.0 cm³/mol. The average Bonchev–Trinajstić information content (AvgIpc) is 3.11. The Labute approximate surface area is 145 Å². The van der Waals surface area contributed by atoms with Crippen LogP contribution in [-0.2, 0) is 4.74 Å². The zero-order valence-corrected chi connectivity index (χ0v) is 14.7. The van der Waals surface area contributed by atoms with Gasteiger partial charge in [0.05, 0.1) is 5.69 Å². The molecule has 0 aliphatic rings. The van der Waals surface area contributed by atoms with E-state index in [1.165, 1.54) is 0 Å². The highest BCUT2D eigenvalue weighted by Gasteiger charge is 2.25. The molecule has 25 heavy (non-hydrogen) atoms. The third-order valence-corrected chi connectivity index (χ3v) is 4.12. The molecule has 0 spiro atoms. The van der Waals surface area contributed by atoms with Crippen LogP contribution in [0.1, 0.15) is 57.6 Å². The monoisotopic (exact) mass is 340 g/mol. The first-order valence-corrected chi connectivity index (χ1v) is 8.14. The van der Waals surface area contributed by atoms with E-state index < -0.39 is 5.97 Å². The summed E-state index contributed by atoms with van der Waals surface area (Å²) < 4.78 is 10.4. The molecule has 2 heterocycles. The summed E-state index contributed by atoms with van der Waals surface area (Å²) in [5.74, 6) is -0.370. The molecule has 130 valence electrons. The van der Waals surface area contributed by atoms with Crippen molar-refractivity contribution in [2.75, 3.05) is 6.61 Å². The lowest BCUT2D eigenvalue weighted by molar-refractivity contribution is 0.0471. The fourth-order valence-corrected chi connectivity index (χ4v) is 2.94. The number of benzene rings is 1. The fraction of sp³-hybridized carbons (Fsp3) is 0.316. The van der Waals surface area contributed by atoms with Crippen molar-refractivity contribution in [2.24, 2.45) is 0 Å². The van der Waals surface area contributed by atoms with Crippen molar-refractivity contribution >= 4 is 22.7 Å². The predicted octanol–water partition coefficient (Wildman–Crippen LogP) is 3.94. The second-order valence-electron chi connectivity index (χ2n) is 6.33. The van der Waals surface area contributed by atoms with Crippen molar-refractivity contribution in [3.8, 4) is 0 Å². The Morgan fingerprint density at radius 1 is 1.20 bits per heavy atom. The molecule has 0 saturated heterocycles. The number of carbonyl (C=O) groups is 2. The number of hydrogen-bond acceptors (Lipinski definition) is 5. The number of nitrogens with one attached hydrogen (secondary N) is 1. The Morgan fingerprint density at radius 3 is 2.64 bits per heavy atom. The van der Waals surface area contributed by atoms with E-state index >= 15 is 0 Å². The topological polar surface area (TPSA) is 85.2 Å². The third-order valence-electron chi connectivity index (χ3n) is 4.12. The molecule has 2 aromatic heterocycles. The van der Waals surface area contributed by atoms with Gasteiger partial charge < -0.3 is 14.2 Å². The first-order valence-electron chi connectivity index (χ1n) is 8.14. The van der Waals surface area contributed by atoms with E-state index in [1.807, 2.05) is 45.0 Å². The van der Waals surface area contributed by atoms with Crippen molar-refractivity contribution in [2.45, 2.75) is 33.6 Å². The molecule has 6 nitrogen and oxygen atoms in total. The smallest absolute Gasteiger partial charge is 0.344 e. The Bertz CT molecular complexity index is 950. The Morgan fingerprint density at radius 2 is 1.92 bits per heavy atom. The highest BCUT2D eigenvalue weighted by molar-refractivity contribution is 6.10. The third kappa shape index (κ3) is 3.07. The second-order valence-corrected chi connectivity index (χ2v) is 6.33. The minimum atomic E-state index is -0.590. The van der Waals surface area contributed by atoms with Crippen LogP contribution >= 0.6 is 0 Å². The molecule has 0 atom stereocenters. The van der Waals surface area contributed by atoms with E-state index in [0.717, 1.165) is 16.6 Å². The molecule has 0 radical (unpaired) electrons. The molecule has 0 fully saturated rings. The lowest BCUT2D eigenvalue weighted by atomic mass is 10.1. The summed E-state index contributed by atoms with van der Waals surface area (Å²) in [4.78, 5) is 28.1. The van der Waals surface area contributed by atoms with Crippen molar-refractivity contribution in [3.63, 3.8) is 0 Å². The molecular formula is C19H20N2O4. The van der Waals surface area contributed by atoms with Gasteiger partial charge in [0, 0.05) is 28.1 Å². The van der Waals surface area contributed by atoms with E-state index in [9.17, 15) is 9.59 Å². The molecule has 3 aromatic rings. The van der Waals surface area contributed by atoms with Gasteiger partial charge >= 0.3 is 5.97 Å². The van der Waals surface area contributed by atoms with Crippen LogP contribution in [0.3, 0.4) is 0 Å². The molecule has 1 N–H and O–H groups in total. The normalized spacial score (nSPS) is 11.2. The molecule has 3 rings (SSSR count). The Hall–Kier alpha value is -2.89. The SMILES string of the molecule is Cc1noc(C(C)C)c1C(=O)OCC(=O)c1c(C)[nH]c2ccccc12. The second kappa shape index (κ2) is 6.55. The molecular weight excluding hydrogens is 320 g/mol. The van der Waals surface area contributed by atoms with E-state index in [4.69, 9.17) is 9.26 Å². The van der Waals surface area contributed by atoms with Crippen molar-refractivity contribution in [1.82, 2.24) is 10.1 Å². The number of hydrogen-bond donors (Lipinski definition) is 1. The summed E-state index contributed by atoms with van der Waals surface area (Å²) in [6, 6.07) is 7.54. The highest BCUT2D eigenvalue weighted by atomic mass is 16.5. The molecule has 0 aliphatic carbocycles. The summed E-state index contributed by atoms with van der Waals surface area (Å²) in [6.45, 7) is 6.98. The van der Waals surface area contributed by atoms with Gasteiger partial charge in [0.15, 0.2) is 12.4 Å². The van der Waals surface area contributed by atoms with Gasteiger partial charge in [-0.25, -0.2) is 4.79 Å². The van der Waals surface area contributed by atoms with Gasteiger partial charge in [0.1, 0.15) is 5.56 Å². The minimum absolute atomic E-state index is 0.00434. The van der Waals surface area contributed by atoms with Gasteiger partial charge in [-0.3, -0.25) is 4.79 Å². The maximum Gasteiger partial charge on any atom is 0.344 e. The number of nitrogens with zero attached hydrogens (tertiary/aromatic N) is 1. The number of H-pyrrole nitrogens is 1. The van der Waals surface area contributed by atoms with Crippen LogP contribution in [0.15, 0.2) is 28.8 Å². The molecule has 0 amide bonds. The quantitative estimate of drug-likeness (QED) is 0.562. The lowest BCUT2D eigenvalue weighted by Gasteiger charge is -2.06. The van der Waals surface area contributed by atoms with Gasteiger partial charge in [-0.1, -0.05) is 37.2 Å². The fourth-order valence-electron chi connectivity index (χ4n) is 2.94. The number of Topliss-reactive ketones (excluding diaryl/α,β-unsaturated/α-hetero) is 1. The van der Waals surface area contributed by atoms with Crippen LogP contribution in [0, 0.1) is 13.8 Å². The van der Waals surface area contributed by atoms with Crippen LogP contribution in [0.4, 0.5) is 0 Å². The summed E-state index contributed by atoms with van der Waals surface area (Å²) >= 11 is 0. The average molecular weight is 340 g/mol. The van der Waals surface area contributed by atoms with Gasteiger partial charge in [0.25, 0.3) is 0 Å². The Balaban J connectivity index is 1.80. The van der Waals surface area contributed by atoms with Gasteiger partial charge in [-0.15, -0.1) is 0 Å². The number of carbonyl (C=O) groups excluding carboxylic acids is 2.